The number of terminal acetylenes is 1. The highest BCUT2D eigenvalue weighted by atomic mass is 32.2. The van der Waals surface area contributed by atoms with Crippen molar-refractivity contribution in [2.24, 2.45) is 0 Å². The van der Waals surface area contributed by atoms with Gasteiger partial charge >= 0.3 is 0 Å². The van der Waals surface area contributed by atoms with Crippen LogP contribution in [-0.2, 0) is 10.0 Å². The summed E-state index contributed by atoms with van der Waals surface area (Å²) in [6, 6.07) is 3.64. The summed E-state index contributed by atoms with van der Waals surface area (Å²) in [4.78, 5) is 0.0536. The Morgan fingerprint density at radius 3 is 2.65 bits per heavy atom. The molecule has 1 atom stereocenters. The van der Waals surface area contributed by atoms with Gasteiger partial charge in [0, 0.05) is 0 Å². The molecule has 0 fully saturated rings. The Bertz CT molecular complexity index is 546. The third-order valence-corrected chi connectivity index (χ3v) is 3.63. The van der Waals surface area contributed by atoms with Crippen molar-refractivity contribution in [3.63, 3.8) is 0 Å². The van der Waals surface area contributed by atoms with Crippen molar-refractivity contribution in [3.8, 4) is 18.1 Å². The van der Waals surface area contributed by atoms with Crippen LogP contribution >= 0.6 is 0 Å². The molecule has 0 aliphatic heterocycles. The van der Waals surface area contributed by atoms with Crippen LogP contribution in [0.1, 0.15) is 6.92 Å². The number of anilines is 1. The van der Waals surface area contributed by atoms with E-state index in [9.17, 15) is 8.42 Å². The highest BCUT2D eigenvalue weighted by molar-refractivity contribution is 7.89. The zero-order valence-corrected chi connectivity index (χ0v) is 10.4. The Morgan fingerprint density at radius 2 is 2.18 bits per heavy atom. The maximum absolute atomic E-state index is 11.9. The SMILES string of the molecule is C#CC(C)NS(=O)(=O)c1ccc(OC)c(N)c1. The summed E-state index contributed by atoms with van der Waals surface area (Å²) >= 11 is 0. The Morgan fingerprint density at radius 1 is 1.53 bits per heavy atom. The maximum Gasteiger partial charge on any atom is 0.241 e. The van der Waals surface area contributed by atoms with Crippen LogP contribution in [0.5, 0.6) is 5.75 Å². The third kappa shape index (κ3) is 3.12. The fraction of sp³-hybridized carbons (Fsp3) is 0.273. The van der Waals surface area contributed by atoms with Crippen LogP contribution in [0.3, 0.4) is 0 Å². The van der Waals surface area contributed by atoms with E-state index in [4.69, 9.17) is 16.9 Å². The number of methoxy groups -OCH3 is 1. The Labute approximate surface area is 101 Å². The molecule has 0 aromatic heterocycles. The van der Waals surface area contributed by atoms with Gasteiger partial charge in [0.2, 0.25) is 10.0 Å². The van der Waals surface area contributed by atoms with Crippen LogP contribution in [-0.4, -0.2) is 21.6 Å². The minimum atomic E-state index is -3.65. The average molecular weight is 254 g/mol. The molecule has 5 nitrogen and oxygen atoms in total. The second-order valence-corrected chi connectivity index (χ2v) is 5.13. The number of hydrogen-bond donors (Lipinski definition) is 2. The lowest BCUT2D eigenvalue weighted by atomic mass is 10.3. The molecule has 17 heavy (non-hydrogen) atoms. The fourth-order valence-corrected chi connectivity index (χ4v) is 2.41. The lowest BCUT2D eigenvalue weighted by molar-refractivity contribution is 0.416. The lowest BCUT2D eigenvalue weighted by Crippen LogP contribution is -2.31. The molecule has 1 rings (SSSR count). The molecular weight excluding hydrogens is 240 g/mol. The Kier molecular flexibility index (Phi) is 3.99. The summed E-state index contributed by atoms with van der Waals surface area (Å²) < 4.78 is 31.0. The molecule has 0 amide bonds. The van der Waals surface area contributed by atoms with Crippen molar-refractivity contribution in [1.29, 1.82) is 0 Å². The molecule has 0 bridgehead atoms. The summed E-state index contributed by atoms with van der Waals surface area (Å²) in [6.07, 6.45) is 5.11. The van der Waals surface area contributed by atoms with Gasteiger partial charge < -0.3 is 10.5 Å². The van der Waals surface area contributed by atoms with Crippen LogP contribution in [0, 0.1) is 12.3 Å². The Balaban J connectivity index is 3.09. The van der Waals surface area contributed by atoms with E-state index in [1.807, 2.05) is 0 Å². The number of nitrogen functional groups attached to an aromatic ring is 1. The van der Waals surface area contributed by atoms with E-state index in [0.29, 0.717) is 5.75 Å². The van der Waals surface area contributed by atoms with Crippen molar-refractivity contribution in [2.75, 3.05) is 12.8 Å². The highest BCUT2D eigenvalue weighted by Crippen LogP contribution is 2.24. The quantitative estimate of drug-likeness (QED) is 0.608. The number of rotatable bonds is 4. The first-order valence-corrected chi connectivity index (χ1v) is 6.31. The van der Waals surface area contributed by atoms with Gasteiger partial charge in [0.05, 0.1) is 23.7 Å². The van der Waals surface area contributed by atoms with Crippen LogP contribution in [0.2, 0.25) is 0 Å². The number of nitrogens with one attached hydrogen (secondary N) is 1. The van der Waals surface area contributed by atoms with Gasteiger partial charge in [-0.1, -0.05) is 5.92 Å². The topological polar surface area (TPSA) is 81.4 Å². The molecule has 92 valence electrons. The molecule has 0 aliphatic rings. The smallest absolute Gasteiger partial charge is 0.241 e. The number of hydrogen-bond acceptors (Lipinski definition) is 4. The minimum Gasteiger partial charge on any atom is -0.495 e. The molecule has 0 radical (unpaired) electrons. The monoisotopic (exact) mass is 254 g/mol. The first-order chi connectivity index (χ1) is 7.90. The molecule has 0 saturated carbocycles. The van der Waals surface area contributed by atoms with Gasteiger partial charge in [-0.15, -0.1) is 6.42 Å². The number of ether oxygens (including phenoxy) is 1. The number of nitrogens with two attached hydrogens (primary N) is 1. The van der Waals surface area contributed by atoms with Crippen molar-refractivity contribution >= 4 is 15.7 Å². The van der Waals surface area contributed by atoms with Gasteiger partial charge in [0.15, 0.2) is 0 Å². The van der Waals surface area contributed by atoms with E-state index in [1.165, 1.54) is 25.3 Å². The number of sulfonamides is 1. The molecule has 1 aromatic rings. The minimum absolute atomic E-state index is 0.0536. The summed E-state index contributed by atoms with van der Waals surface area (Å²) in [5.41, 5.74) is 5.89. The van der Waals surface area contributed by atoms with Crippen LogP contribution in [0.25, 0.3) is 0 Å². The largest absolute Gasteiger partial charge is 0.495 e. The lowest BCUT2D eigenvalue weighted by Gasteiger charge is -2.10. The van der Waals surface area contributed by atoms with E-state index >= 15 is 0 Å². The highest BCUT2D eigenvalue weighted by Gasteiger charge is 2.17. The van der Waals surface area contributed by atoms with Gasteiger partial charge in [-0.3, -0.25) is 0 Å². The van der Waals surface area contributed by atoms with E-state index < -0.39 is 16.1 Å². The van der Waals surface area contributed by atoms with Crippen LogP contribution in [0.4, 0.5) is 5.69 Å². The van der Waals surface area contributed by atoms with Gasteiger partial charge in [-0.25, -0.2) is 8.42 Å². The normalized spacial score (nSPS) is 12.8. The zero-order chi connectivity index (χ0) is 13.1. The average Bonchev–Trinajstić information content (AvgIpc) is 2.28. The van der Waals surface area contributed by atoms with E-state index in [2.05, 4.69) is 10.6 Å². The first kappa shape index (κ1) is 13.4. The standard InChI is InChI=1S/C11H14N2O3S/c1-4-8(2)13-17(14,15)9-5-6-11(16-3)10(12)7-9/h1,5-8,13H,12H2,2-3H3. The second kappa shape index (κ2) is 5.08. The number of benzene rings is 1. The van der Waals surface area contributed by atoms with Crippen LogP contribution < -0.4 is 15.2 Å². The summed E-state index contributed by atoms with van der Waals surface area (Å²) in [5.74, 6) is 2.71. The van der Waals surface area contributed by atoms with Crippen LogP contribution in [0.15, 0.2) is 23.1 Å². The van der Waals surface area contributed by atoms with E-state index in [0.717, 1.165) is 0 Å². The van der Waals surface area contributed by atoms with Gasteiger partial charge in [-0.2, -0.15) is 4.72 Å². The van der Waals surface area contributed by atoms with Gasteiger partial charge in [0.1, 0.15) is 5.75 Å². The summed E-state index contributed by atoms with van der Waals surface area (Å²) in [6.45, 7) is 1.57. The van der Waals surface area contributed by atoms with E-state index in [-0.39, 0.29) is 10.6 Å². The van der Waals surface area contributed by atoms with Crippen molar-refractivity contribution in [2.45, 2.75) is 17.9 Å². The molecule has 3 N–H and O–H groups in total. The van der Waals surface area contributed by atoms with Gasteiger partial charge in [-0.05, 0) is 25.1 Å². The van der Waals surface area contributed by atoms with Crippen molar-refractivity contribution < 1.29 is 13.2 Å². The summed E-state index contributed by atoms with van der Waals surface area (Å²) in [5, 5.41) is 0. The third-order valence-electron chi connectivity index (χ3n) is 2.09. The maximum atomic E-state index is 11.9. The van der Waals surface area contributed by atoms with Crippen molar-refractivity contribution in [1.82, 2.24) is 4.72 Å². The zero-order valence-electron chi connectivity index (χ0n) is 9.60. The Hall–Kier alpha value is -1.71. The first-order valence-electron chi connectivity index (χ1n) is 4.82. The van der Waals surface area contributed by atoms with E-state index in [1.54, 1.807) is 6.92 Å². The van der Waals surface area contributed by atoms with Gasteiger partial charge in [0.25, 0.3) is 0 Å². The second-order valence-electron chi connectivity index (χ2n) is 3.41. The molecule has 1 aromatic carbocycles. The molecule has 1 unspecified atom stereocenters. The molecule has 0 aliphatic carbocycles. The molecular formula is C11H14N2O3S. The molecule has 0 heterocycles. The molecule has 0 saturated heterocycles. The fourth-order valence-electron chi connectivity index (χ4n) is 1.21. The molecule has 0 spiro atoms. The predicted molar refractivity (Wildman–Crippen MR) is 66.0 cm³/mol. The summed E-state index contributed by atoms with van der Waals surface area (Å²) in [7, 11) is -2.19. The predicted octanol–water partition coefficient (Wildman–Crippen LogP) is 0.577. The van der Waals surface area contributed by atoms with Crippen molar-refractivity contribution in [3.05, 3.63) is 18.2 Å². The molecule has 6 heteroatoms.